The van der Waals surface area contributed by atoms with E-state index in [9.17, 15) is 22.8 Å². The summed E-state index contributed by atoms with van der Waals surface area (Å²) >= 11 is 0. The number of fused-ring (bicyclic) bond motifs is 2. The molecule has 0 bridgehead atoms. The number of benzene rings is 2. The van der Waals surface area contributed by atoms with Crippen molar-refractivity contribution < 1.29 is 18.0 Å². The zero-order valence-corrected chi connectivity index (χ0v) is 19.1. The Balaban J connectivity index is 1.80. The van der Waals surface area contributed by atoms with Gasteiger partial charge in [-0.15, -0.1) is 0 Å². The summed E-state index contributed by atoms with van der Waals surface area (Å²) in [5.41, 5.74) is 0.686. The van der Waals surface area contributed by atoms with Crippen molar-refractivity contribution in [3.05, 3.63) is 100 Å². The first-order valence-electron chi connectivity index (χ1n) is 10.5. The fourth-order valence-electron chi connectivity index (χ4n) is 4.34. The maximum absolute atomic E-state index is 13.7. The molecule has 1 aliphatic heterocycles. The Kier molecular flexibility index (Phi) is 4.94. The van der Waals surface area contributed by atoms with Crippen molar-refractivity contribution in [3.8, 4) is 11.1 Å². The van der Waals surface area contributed by atoms with Crippen LogP contribution in [0.4, 0.5) is 0 Å². The quantitative estimate of drug-likeness (QED) is 0.422. The van der Waals surface area contributed by atoms with E-state index < -0.39 is 33.3 Å². The van der Waals surface area contributed by atoms with Crippen molar-refractivity contribution in [2.24, 2.45) is 0 Å². The molecule has 1 unspecified atom stereocenters. The minimum absolute atomic E-state index is 0.0220. The molecule has 170 valence electrons. The number of aromatic nitrogens is 2. The number of sulfone groups is 1. The van der Waals surface area contributed by atoms with Crippen LogP contribution in [0.3, 0.4) is 0 Å². The number of rotatable bonds is 4. The van der Waals surface area contributed by atoms with Gasteiger partial charge in [0.25, 0.3) is 17.4 Å². The molecule has 9 heteroatoms. The van der Waals surface area contributed by atoms with Gasteiger partial charge in [0.2, 0.25) is 0 Å². The molecule has 8 nitrogen and oxygen atoms in total. The van der Waals surface area contributed by atoms with Gasteiger partial charge in [-0.25, -0.2) is 13.4 Å². The molecular formula is C25H19N3O5S. The van der Waals surface area contributed by atoms with Crippen LogP contribution in [0.2, 0.25) is 0 Å². The van der Waals surface area contributed by atoms with Gasteiger partial charge in [0.15, 0.2) is 9.84 Å². The SMILES string of the molecule is CC(c1nc2ccccn2c(=O)c1-c1ccccc1S(C)(=O)=O)N1C(=O)c2ccccc2C1=O. The molecule has 4 aromatic rings. The maximum atomic E-state index is 13.7. The standard InChI is InChI=1S/C25H19N3O5S/c1-15(28-23(29)16-9-3-4-10-17(16)24(28)30)22-21(18-11-5-6-12-19(18)34(2,32)33)25(31)27-14-8-7-13-20(27)26-22/h3-15H,1-2H3. The van der Waals surface area contributed by atoms with Crippen molar-refractivity contribution in [1.29, 1.82) is 0 Å². The first-order valence-corrected chi connectivity index (χ1v) is 12.4. The molecule has 0 radical (unpaired) electrons. The van der Waals surface area contributed by atoms with E-state index in [-0.39, 0.29) is 32.8 Å². The molecule has 0 saturated carbocycles. The highest BCUT2D eigenvalue weighted by Gasteiger charge is 2.40. The molecule has 34 heavy (non-hydrogen) atoms. The van der Waals surface area contributed by atoms with Gasteiger partial charge in [-0.05, 0) is 37.3 Å². The van der Waals surface area contributed by atoms with Crippen LogP contribution in [-0.2, 0) is 9.84 Å². The number of carbonyl (C=O) groups is 2. The first kappa shape index (κ1) is 21.7. The van der Waals surface area contributed by atoms with Crippen molar-refractivity contribution in [3.63, 3.8) is 0 Å². The summed E-state index contributed by atoms with van der Waals surface area (Å²) < 4.78 is 26.4. The van der Waals surface area contributed by atoms with E-state index in [2.05, 4.69) is 4.98 Å². The molecule has 0 saturated heterocycles. The molecule has 2 aromatic heterocycles. The largest absolute Gasteiger partial charge is 0.269 e. The maximum Gasteiger partial charge on any atom is 0.266 e. The lowest BCUT2D eigenvalue weighted by atomic mass is 10.0. The topological polar surface area (TPSA) is 106 Å². The molecule has 0 N–H and O–H groups in total. The van der Waals surface area contributed by atoms with Crippen LogP contribution in [0.15, 0.2) is 82.6 Å². The minimum atomic E-state index is -3.70. The lowest BCUT2D eigenvalue weighted by molar-refractivity contribution is 0.0592. The summed E-state index contributed by atoms with van der Waals surface area (Å²) in [6, 6.07) is 16.7. The number of amides is 2. The molecule has 1 aliphatic rings. The number of imide groups is 1. The summed E-state index contributed by atoms with van der Waals surface area (Å²) in [5, 5.41) is 0. The van der Waals surface area contributed by atoms with E-state index >= 15 is 0 Å². The molecule has 3 heterocycles. The number of hydrogen-bond donors (Lipinski definition) is 0. The van der Waals surface area contributed by atoms with E-state index in [1.165, 1.54) is 22.7 Å². The van der Waals surface area contributed by atoms with Crippen LogP contribution >= 0.6 is 0 Å². The highest BCUT2D eigenvalue weighted by molar-refractivity contribution is 7.90. The zero-order valence-electron chi connectivity index (χ0n) is 18.3. The van der Waals surface area contributed by atoms with Gasteiger partial charge in [-0.2, -0.15) is 0 Å². The van der Waals surface area contributed by atoms with Crippen molar-refractivity contribution in [2.45, 2.75) is 17.9 Å². The van der Waals surface area contributed by atoms with Crippen LogP contribution in [-0.4, -0.2) is 40.8 Å². The molecule has 0 spiro atoms. The lowest BCUT2D eigenvalue weighted by Gasteiger charge is -2.24. The molecule has 0 fully saturated rings. The first-order chi connectivity index (χ1) is 16.2. The van der Waals surface area contributed by atoms with Gasteiger partial charge in [0, 0.05) is 18.0 Å². The predicted octanol–water partition coefficient (Wildman–Crippen LogP) is 3.12. The van der Waals surface area contributed by atoms with E-state index in [1.54, 1.807) is 61.5 Å². The minimum Gasteiger partial charge on any atom is -0.269 e. The summed E-state index contributed by atoms with van der Waals surface area (Å²) in [6.07, 6.45) is 2.60. The molecule has 2 aromatic carbocycles. The molecule has 5 rings (SSSR count). The Hall–Kier alpha value is -4.11. The smallest absolute Gasteiger partial charge is 0.266 e. The second kappa shape index (κ2) is 7.74. The Morgan fingerprint density at radius 1 is 0.794 bits per heavy atom. The van der Waals surface area contributed by atoms with Crippen LogP contribution in [0.1, 0.15) is 39.4 Å². The van der Waals surface area contributed by atoms with Crippen LogP contribution in [0.25, 0.3) is 16.8 Å². The van der Waals surface area contributed by atoms with E-state index in [0.717, 1.165) is 11.2 Å². The van der Waals surface area contributed by atoms with Gasteiger partial charge >= 0.3 is 0 Å². The number of pyridine rings is 1. The predicted molar refractivity (Wildman–Crippen MR) is 125 cm³/mol. The van der Waals surface area contributed by atoms with E-state index in [4.69, 9.17) is 0 Å². The van der Waals surface area contributed by atoms with E-state index in [1.807, 2.05) is 0 Å². The van der Waals surface area contributed by atoms with Crippen molar-refractivity contribution in [1.82, 2.24) is 14.3 Å². The zero-order chi connectivity index (χ0) is 24.2. The molecular weight excluding hydrogens is 454 g/mol. The average Bonchev–Trinajstić information content (AvgIpc) is 3.08. The highest BCUT2D eigenvalue weighted by Crippen LogP contribution is 2.35. The molecule has 0 aliphatic carbocycles. The van der Waals surface area contributed by atoms with Gasteiger partial charge in [0.05, 0.1) is 33.3 Å². The summed E-state index contributed by atoms with van der Waals surface area (Å²) in [5.74, 6) is -0.990. The third-order valence-corrected chi connectivity index (χ3v) is 7.08. The van der Waals surface area contributed by atoms with Gasteiger partial charge in [-0.1, -0.05) is 36.4 Å². The summed E-state index contributed by atoms with van der Waals surface area (Å²) in [7, 11) is -3.70. The average molecular weight is 474 g/mol. The number of nitrogens with zero attached hydrogens (tertiary/aromatic N) is 3. The van der Waals surface area contributed by atoms with Crippen LogP contribution in [0, 0.1) is 0 Å². The second-order valence-electron chi connectivity index (χ2n) is 8.08. The van der Waals surface area contributed by atoms with Gasteiger partial charge < -0.3 is 0 Å². The highest BCUT2D eigenvalue weighted by atomic mass is 32.2. The fourth-order valence-corrected chi connectivity index (χ4v) is 5.24. The van der Waals surface area contributed by atoms with Crippen molar-refractivity contribution >= 4 is 27.3 Å². The third-order valence-electron chi connectivity index (χ3n) is 5.93. The Morgan fingerprint density at radius 3 is 1.97 bits per heavy atom. The number of carbonyl (C=O) groups excluding carboxylic acids is 2. The lowest BCUT2D eigenvalue weighted by Crippen LogP contribution is -2.35. The molecule has 2 amide bonds. The Bertz CT molecular complexity index is 1640. The van der Waals surface area contributed by atoms with Crippen LogP contribution in [0.5, 0.6) is 0 Å². The molecule has 1 atom stereocenters. The van der Waals surface area contributed by atoms with Crippen molar-refractivity contribution in [2.75, 3.05) is 6.26 Å². The third kappa shape index (κ3) is 3.24. The number of hydrogen-bond acceptors (Lipinski definition) is 6. The summed E-state index contributed by atoms with van der Waals surface area (Å²) in [4.78, 5) is 45.6. The monoisotopic (exact) mass is 473 g/mol. The normalized spacial score (nSPS) is 14.5. The fraction of sp³-hybridized carbons (Fsp3) is 0.120. The van der Waals surface area contributed by atoms with E-state index in [0.29, 0.717) is 5.65 Å². The Labute approximate surface area is 195 Å². The van der Waals surface area contributed by atoms with Gasteiger partial charge in [0.1, 0.15) is 5.65 Å². The summed E-state index contributed by atoms with van der Waals surface area (Å²) in [6.45, 7) is 1.61. The second-order valence-corrected chi connectivity index (χ2v) is 10.1. The Morgan fingerprint density at radius 2 is 1.35 bits per heavy atom. The van der Waals surface area contributed by atoms with Gasteiger partial charge in [-0.3, -0.25) is 23.7 Å². The van der Waals surface area contributed by atoms with Crippen LogP contribution < -0.4 is 5.56 Å².